The molecule has 1 atom stereocenters. The summed E-state index contributed by atoms with van der Waals surface area (Å²) < 4.78 is 17.1. The highest BCUT2D eigenvalue weighted by Crippen LogP contribution is 2.53. The van der Waals surface area contributed by atoms with Gasteiger partial charge in [-0.2, -0.15) is 0 Å². The highest BCUT2D eigenvalue weighted by Gasteiger charge is 2.48. The van der Waals surface area contributed by atoms with Crippen molar-refractivity contribution in [3.8, 4) is 11.3 Å². The van der Waals surface area contributed by atoms with E-state index in [1.54, 1.807) is 6.20 Å². The van der Waals surface area contributed by atoms with Gasteiger partial charge in [0.25, 0.3) is 0 Å². The molecule has 0 bridgehead atoms. The largest absolute Gasteiger partial charge is 0.444 e. The van der Waals surface area contributed by atoms with Gasteiger partial charge in [-0.15, -0.1) is 0 Å². The molecule has 2 spiro atoms. The number of carbonyl (C=O) groups excluding carboxylic acids is 2. The Hall–Kier alpha value is -3.49. The first-order chi connectivity index (χ1) is 20.0. The molecule has 1 aromatic heterocycles. The second kappa shape index (κ2) is 10.7. The Labute approximate surface area is 240 Å². The van der Waals surface area contributed by atoms with Crippen LogP contribution in [0.25, 0.3) is 11.3 Å². The topological polar surface area (TPSA) is 93.9 Å². The quantitative estimate of drug-likeness (QED) is 0.437. The fourth-order valence-electron chi connectivity index (χ4n) is 7.73. The molecule has 7 rings (SSSR count). The number of amides is 2. The van der Waals surface area contributed by atoms with E-state index >= 15 is 0 Å². The van der Waals surface area contributed by atoms with E-state index in [9.17, 15) is 9.59 Å². The van der Waals surface area contributed by atoms with E-state index in [1.807, 2.05) is 24.3 Å². The maximum atomic E-state index is 13.5. The number of hydrogen-bond acceptors (Lipinski definition) is 6. The van der Waals surface area contributed by atoms with Crippen molar-refractivity contribution in [3.05, 3.63) is 72.2 Å². The Bertz CT molecular complexity index is 1400. The van der Waals surface area contributed by atoms with E-state index in [-0.39, 0.29) is 23.2 Å². The number of nitrogens with zero attached hydrogens (tertiary/aromatic N) is 2. The number of likely N-dealkylation sites (tertiary alicyclic amines) is 1. The minimum atomic E-state index is -0.433. The molecule has 4 aliphatic rings. The van der Waals surface area contributed by atoms with Crippen molar-refractivity contribution >= 4 is 17.5 Å². The third-order valence-electron chi connectivity index (χ3n) is 9.85. The predicted molar refractivity (Wildman–Crippen MR) is 153 cm³/mol. The molecule has 1 saturated carbocycles. The second-order valence-corrected chi connectivity index (χ2v) is 12.2. The third-order valence-corrected chi connectivity index (χ3v) is 9.85. The van der Waals surface area contributed by atoms with Crippen LogP contribution in [0.2, 0.25) is 0 Å². The summed E-state index contributed by atoms with van der Waals surface area (Å²) in [6.07, 6.45) is 9.61. The molecule has 3 aromatic rings. The molecule has 8 nitrogen and oxygen atoms in total. The van der Waals surface area contributed by atoms with Gasteiger partial charge < -0.3 is 24.1 Å². The number of carbonyl (C=O) groups is 2. The summed E-state index contributed by atoms with van der Waals surface area (Å²) in [4.78, 5) is 32.8. The van der Waals surface area contributed by atoms with E-state index < -0.39 is 5.79 Å². The van der Waals surface area contributed by atoms with Crippen LogP contribution in [0.4, 0.5) is 5.69 Å². The Kier molecular flexibility index (Phi) is 6.91. The lowest BCUT2D eigenvalue weighted by Crippen LogP contribution is -2.48. The number of fused-ring (bicyclic) bond motifs is 2. The predicted octanol–water partition coefficient (Wildman–Crippen LogP) is 5.65. The van der Waals surface area contributed by atoms with Crippen LogP contribution in [-0.4, -0.2) is 53.8 Å². The first-order valence-corrected chi connectivity index (χ1v) is 15.0. The maximum Gasteiger partial charge on any atom is 0.225 e. The molecule has 3 fully saturated rings. The smallest absolute Gasteiger partial charge is 0.225 e. The number of benzene rings is 2. The first kappa shape index (κ1) is 26.4. The van der Waals surface area contributed by atoms with Crippen molar-refractivity contribution in [2.45, 2.75) is 68.5 Å². The van der Waals surface area contributed by atoms with Gasteiger partial charge in [0.1, 0.15) is 0 Å². The van der Waals surface area contributed by atoms with Crippen molar-refractivity contribution in [3.63, 3.8) is 0 Å². The molecular weight excluding hydrogens is 518 g/mol. The van der Waals surface area contributed by atoms with Gasteiger partial charge in [0.2, 0.25) is 11.8 Å². The average molecular weight is 556 g/mol. The van der Waals surface area contributed by atoms with Gasteiger partial charge in [0.15, 0.2) is 17.9 Å². The van der Waals surface area contributed by atoms with Gasteiger partial charge in [-0.25, -0.2) is 4.98 Å². The number of piperidine rings is 1. The summed E-state index contributed by atoms with van der Waals surface area (Å²) >= 11 is 0. The van der Waals surface area contributed by atoms with Crippen molar-refractivity contribution in [1.82, 2.24) is 9.88 Å². The number of hydrogen-bond donors (Lipinski definition) is 1. The normalized spacial score (nSPS) is 23.1. The van der Waals surface area contributed by atoms with Crippen molar-refractivity contribution < 1.29 is 23.5 Å². The minimum Gasteiger partial charge on any atom is -0.444 e. The van der Waals surface area contributed by atoms with E-state index in [1.165, 1.54) is 17.5 Å². The van der Waals surface area contributed by atoms with Crippen LogP contribution >= 0.6 is 0 Å². The Balaban J connectivity index is 0.986. The number of rotatable bonds is 5. The van der Waals surface area contributed by atoms with E-state index in [4.69, 9.17) is 13.9 Å². The zero-order chi connectivity index (χ0) is 27.9. The van der Waals surface area contributed by atoms with Crippen molar-refractivity contribution in [2.24, 2.45) is 5.92 Å². The molecule has 0 radical (unpaired) electrons. The fraction of sp³-hybridized carbons (Fsp3) is 0.485. The number of ether oxygens (including phenoxy) is 2. The van der Waals surface area contributed by atoms with Gasteiger partial charge in [0, 0.05) is 49.5 Å². The maximum absolute atomic E-state index is 13.5. The molecule has 2 amide bonds. The van der Waals surface area contributed by atoms with Gasteiger partial charge in [0.05, 0.1) is 19.4 Å². The highest BCUT2D eigenvalue weighted by atomic mass is 16.7. The highest BCUT2D eigenvalue weighted by molar-refractivity contribution is 5.92. The van der Waals surface area contributed by atoms with Crippen LogP contribution in [0.1, 0.15) is 68.4 Å². The monoisotopic (exact) mass is 555 g/mol. The zero-order valence-corrected chi connectivity index (χ0v) is 23.3. The van der Waals surface area contributed by atoms with Crippen LogP contribution in [0.5, 0.6) is 0 Å². The number of anilines is 1. The SMILES string of the molecule is O=C(CC1CC2(CCN(C(=O)C3CCC4(CC3)OCCO4)CC2)c2ccccc21)Nc1cccc(-c2cnco2)c1. The lowest BCUT2D eigenvalue weighted by Gasteiger charge is -2.42. The van der Waals surface area contributed by atoms with E-state index in [0.717, 1.165) is 69.3 Å². The Morgan fingerprint density at radius 3 is 2.51 bits per heavy atom. The Morgan fingerprint density at radius 2 is 1.76 bits per heavy atom. The minimum absolute atomic E-state index is 0.00878. The summed E-state index contributed by atoms with van der Waals surface area (Å²) in [6, 6.07) is 16.3. The van der Waals surface area contributed by atoms with Crippen LogP contribution in [0.3, 0.4) is 0 Å². The van der Waals surface area contributed by atoms with Crippen LogP contribution in [0, 0.1) is 5.92 Å². The van der Waals surface area contributed by atoms with Crippen molar-refractivity contribution in [1.29, 1.82) is 0 Å². The molecule has 3 heterocycles. The fourth-order valence-corrected chi connectivity index (χ4v) is 7.73. The molecule has 2 aliphatic carbocycles. The van der Waals surface area contributed by atoms with Crippen LogP contribution in [-0.2, 0) is 24.5 Å². The molecule has 214 valence electrons. The lowest BCUT2D eigenvalue weighted by atomic mass is 9.73. The first-order valence-electron chi connectivity index (χ1n) is 15.0. The van der Waals surface area contributed by atoms with Gasteiger partial charge in [-0.05, 0) is 66.7 Å². The molecule has 41 heavy (non-hydrogen) atoms. The summed E-state index contributed by atoms with van der Waals surface area (Å²) in [7, 11) is 0. The molecule has 2 aromatic carbocycles. The lowest BCUT2D eigenvalue weighted by molar-refractivity contribution is -0.185. The van der Waals surface area contributed by atoms with Gasteiger partial charge >= 0.3 is 0 Å². The molecular formula is C33H37N3O5. The van der Waals surface area contributed by atoms with Crippen molar-refractivity contribution in [2.75, 3.05) is 31.6 Å². The summed E-state index contributed by atoms with van der Waals surface area (Å²) in [5, 5.41) is 3.10. The van der Waals surface area contributed by atoms with Crippen LogP contribution in [0.15, 0.2) is 65.5 Å². The average Bonchev–Trinajstić information content (AvgIpc) is 3.76. The Morgan fingerprint density at radius 1 is 0.976 bits per heavy atom. The zero-order valence-electron chi connectivity index (χ0n) is 23.3. The molecule has 8 heteroatoms. The molecule has 1 unspecified atom stereocenters. The van der Waals surface area contributed by atoms with Gasteiger partial charge in [-0.1, -0.05) is 36.4 Å². The second-order valence-electron chi connectivity index (χ2n) is 12.2. The molecule has 2 saturated heterocycles. The summed E-state index contributed by atoms with van der Waals surface area (Å²) in [5.74, 6) is 0.764. The third kappa shape index (κ3) is 5.08. The number of oxazole rings is 1. The molecule has 1 N–H and O–H groups in total. The van der Waals surface area contributed by atoms with E-state index in [2.05, 4.69) is 39.5 Å². The van der Waals surface area contributed by atoms with E-state index in [0.29, 0.717) is 31.3 Å². The van der Waals surface area contributed by atoms with Crippen LogP contribution < -0.4 is 5.32 Å². The van der Waals surface area contributed by atoms with Gasteiger partial charge in [-0.3, -0.25) is 9.59 Å². The summed E-state index contributed by atoms with van der Waals surface area (Å²) in [6.45, 7) is 2.87. The number of nitrogens with one attached hydrogen (secondary N) is 1. The molecule has 2 aliphatic heterocycles. The summed E-state index contributed by atoms with van der Waals surface area (Å²) in [5.41, 5.74) is 4.29. The number of aromatic nitrogens is 1. The standard InChI is InChI=1S/C33H37N3O5/c37-30(35-26-5-3-4-24(18-26)29-21-34-22-39-29)19-25-20-32(28-7-2-1-6-27(25)28)12-14-36(15-13-32)31(38)23-8-10-33(11-9-23)40-16-17-41-33/h1-7,18,21-23,25H,8-17,19-20H2,(H,35,37).